The van der Waals surface area contributed by atoms with Gasteiger partial charge in [0.15, 0.2) is 0 Å². The maximum absolute atomic E-state index is 12.3. The van der Waals surface area contributed by atoms with Crippen LogP contribution in [-0.2, 0) is 16.1 Å². The summed E-state index contributed by atoms with van der Waals surface area (Å²) in [5.41, 5.74) is 2.41. The predicted octanol–water partition coefficient (Wildman–Crippen LogP) is 3.63. The normalized spacial score (nSPS) is 10.0. The molecule has 0 aromatic heterocycles. The molecule has 2 N–H and O–H groups in total. The molecule has 7 heteroatoms. The van der Waals surface area contributed by atoms with E-state index in [-0.39, 0.29) is 18.4 Å². The third-order valence-electron chi connectivity index (χ3n) is 4.02. The van der Waals surface area contributed by atoms with Crippen molar-refractivity contribution in [3.63, 3.8) is 0 Å². The molecular formula is C20H21ClN4O2. The first-order valence-electron chi connectivity index (χ1n) is 8.51. The summed E-state index contributed by atoms with van der Waals surface area (Å²) in [7, 11) is 0. The first kappa shape index (κ1) is 20.3. The van der Waals surface area contributed by atoms with Gasteiger partial charge in [-0.15, -0.1) is 0 Å². The second kappa shape index (κ2) is 9.60. The molecule has 0 aliphatic rings. The van der Waals surface area contributed by atoms with Gasteiger partial charge >= 0.3 is 0 Å². The number of hydrogen-bond donors (Lipinski definition) is 2. The van der Waals surface area contributed by atoms with Gasteiger partial charge in [-0.3, -0.25) is 9.59 Å². The second-order valence-corrected chi connectivity index (χ2v) is 6.33. The second-order valence-electron chi connectivity index (χ2n) is 5.89. The number of amides is 2. The molecule has 0 fully saturated rings. The van der Waals surface area contributed by atoms with E-state index in [0.29, 0.717) is 29.4 Å². The molecule has 0 radical (unpaired) electrons. The zero-order valence-electron chi connectivity index (χ0n) is 15.3. The first-order valence-corrected chi connectivity index (χ1v) is 8.89. The van der Waals surface area contributed by atoms with E-state index in [4.69, 9.17) is 16.9 Å². The molecule has 6 nitrogen and oxygen atoms in total. The number of nitriles is 1. The Morgan fingerprint density at radius 2 is 1.93 bits per heavy atom. The Labute approximate surface area is 163 Å². The molecule has 0 atom stereocenters. The number of rotatable bonds is 7. The van der Waals surface area contributed by atoms with Crippen molar-refractivity contribution >= 4 is 34.8 Å². The number of anilines is 2. The molecule has 2 amide bonds. The summed E-state index contributed by atoms with van der Waals surface area (Å²) in [6.07, 6.45) is 0. The molecule has 2 aromatic carbocycles. The highest BCUT2D eigenvalue weighted by molar-refractivity contribution is 6.31. The van der Waals surface area contributed by atoms with E-state index in [0.717, 1.165) is 11.3 Å². The van der Waals surface area contributed by atoms with Crippen LogP contribution in [0.1, 0.15) is 25.0 Å². The van der Waals surface area contributed by atoms with Crippen LogP contribution in [0.3, 0.4) is 0 Å². The summed E-state index contributed by atoms with van der Waals surface area (Å²) < 4.78 is 0. The topological polar surface area (TPSA) is 85.2 Å². The highest BCUT2D eigenvalue weighted by Crippen LogP contribution is 2.21. The Morgan fingerprint density at radius 3 is 2.59 bits per heavy atom. The zero-order valence-corrected chi connectivity index (χ0v) is 16.0. The Kier molecular flexibility index (Phi) is 7.21. The number of nitrogens with one attached hydrogen (secondary N) is 2. The van der Waals surface area contributed by atoms with Crippen LogP contribution in [0.25, 0.3) is 0 Å². The van der Waals surface area contributed by atoms with Crippen molar-refractivity contribution in [3.8, 4) is 6.07 Å². The smallest absolute Gasteiger partial charge is 0.243 e. The quantitative estimate of drug-likeness (QED) is 0.763. The molecule has 2 aromatic rings. The lowest BCUT2D eigenvalue weighted by molar-refractivity contribution is -0.129. The summed E-state index contributed by atoms with van der Waals surface area (Å²) in [6.45, 7) is 4.54. The van der Waals surface area contributed by atoms with Crippen molar-refractivity contribution in [1.82, 2.24) is 4.90 Å². The Hall–Kier alpha value is -3.04. The van der Waals surface area contributed by atoms with Crippen LogP contribution in [0.4, 0.5) is 11.4 Å². The average molecular weight is 385 g/mol. The van der Waals surface area contributed by atoms with Crippen molar-refractivity contribution < 1.29 is 9.59 Å². The Morgan fingerprint density at radius 1 is 1.19 bits per heavy atom. The lowest BCUT2D eigenvalue weighted by Gasteiger charge is -2.21. The molecule has 27 heavy (non-hydrogen) atoms. The summed E-state index contributed by atoms with van der Waals surface area (Å²) in [5.74, 6) is -0.308. The number of halogens is 1. The van der Waals surface area contributed by atoms with E-state index in [1.54, 1.807) is 17.0 Å². The summed E-state index contributed by atoms with van der Waals surface area (Å²) in [6, 6.07) is 14.2. The Bertz CT molecular complexity index is 877. The fourth-order valence-corrected chi connectivity index (χ4v) is 2.74. The van der Waals surface area contributed by atoms with Crippen molar-refractivity contribution in [2.24, 2.45) is 0 Å². The molecule has 2 rings (SSSR count). The molecule has 0 heterocycles. The monoisotopic (exact) mass is 384 g/mol. The molecule has 0 unspecified atom stereocenters. The van der Waals surface area contributed by atoms with E-state index in [1.807, 2.05) is 37.3 Å². The van der Waals surface area contributed by atoms with Crippen LogP contribution in [0.2, 0.25) is 5.02 Å². The standard InChI is InChI=1S/C20H21ClN4O2/c1-3-25(14(2)26)13-16-6-4-5-7-18(16)23-12-20(27)24-19-10-17(21)9-8-15(19)11-22/h4-10,23H,3,12-13H2,1-2H3,(H,24,27). The van der Waals surface area contributed by atoms with Crippen molar-refractivity contribution in [2.45, 2.75) is 20.4 Å². The number of carbonyl (C=O) groups excluding carboxylic acids is 2. The van der Waals surface area contributed by atoms with Gasteiger partial charge in [-0.2, -0.15) is 5.26 Å². The third-order valence-corrected chi connectivity index (χ3v) is 4.26. The summed E-state index contributed by atoms with van der Waals surface area (Å²) >= 11 is 5.93. The lowest BCUT2D eigenvalue weighted by Crippen LogP contribution is -2.28. The van der Waals surface area contributed by atoms with E-state index < -0.39 is 0 Å². The van der Waals surface area contributed by atoms with E-state index in [1.165, 1.54) is 13.0 Å². The van der Waals surface area contributed by atoms with Crippen LogP contribution >= 0.6 is 11.6 Å². The first-order chi connectivity index (χ1) is 12.9. The van der Waals surface area contributed by atoms with E-state index >= 15 is 0 Å². The highest BCUT2D eigenvalue weighted by Gasteiger charge is 2.12. The van der Waals surface area contributed by atoms with Gasteiger partial charge in [-0.1, -0.05) is 29.8 Å². The predicted molar refractivity (Wildman–Crippen MR) is 106 cm³/mol. The third kappa shape index (κ3) is 5.73. The van der Waals surface area contributed by atoms with Crippen LogP contribution in [-0.4, -0.2) is 29.8 Å². The number of para-hydroxylation sites is 1. The van der Waals surface area contributed by atoms with Crippen LogP contribution in [0, 0.1) is 11.3 Å². The van der Waals surface area contributed by atoms with Crippen molar-refractivity contribution in [1.29, 1.82) is 5.26 Å². The molecule has 0 aliphatic heterocycles. The van der Waals surface area contributed by atoms with Crippen LogP contribution < -0.4 is 10.6 Å². The number of nitrogens with zero attached hydrogens (tertiary/aromatic N) is 2. The van der Waals surface area contributed by atoms with Gasteiger partial charge in [0.25, 0.3) is 0 Å². The maximum Gasteiger partial charge on any atom is 0.243 e. The minimum Gasteiger partial charge on any atom is -0.376 e. The average Bonchev–Trinajstić information content (AvgIpc) is 2.65. The number of hydrogen-bond acceptors (Lipinski definition) is 4. The molecule has 0 saturated heterocycles. The fraction of sp³-hybridized carbons (Fsp3) is 0.250. The van der Waals surface area contributed by atoms with Crippen LogP contribution in [0.5, 0.6) is 0 Å². The highest BCUT2D eigenvalue weighted by atomic mass is 35.5. The molecule has 0 saturated carbocycles. The molecule has 140 valence electrons. The fourth-order valence-electron chi connectivity index (χ4n) is 2.57. The van der Waals surface area contributed by atoms with E-state index in [9.17, 15) is 9.59 Å². The maximum atomic E-state index is 12.3. The van der Waals surface area contributed by atoms with Gasteiger partial charge in [-0.05, 0) is 36.8 Å². The SMILES string of the molecule is CCN(Cc1ccccc1NCC(=O)Nc1cc(Cl)ccc1C#N)C(C)=O. The number of carbonyl (C=O) groups is 2. The summed E-state index contributed by atoms with van der Waals surface area (Å²) in [4.78, 5) is 25.6. The van der Waals surface area contributed by atoms with E-state index in [2.05, 4.69) is 10.6 Å². The van der Waals surface area contributed by atoms with Crippen molar-refractivity contribution in [2.75, 3.05) is 23.7 Å². The van der Waals surface area contributed by atoms with Crippen LogP contribution in [0.15, 0.2) is 42.5 Å². The van der Waals surface area contributed by atoms with Gasteiger partial charge in [0.1, 0.15) is 6.07 Å². The Balaban J connectivity index is 2.05. The van der Waals surface area contributed by atoms with Gasteiger partial charge in [0, 0.05) is 30.7 Å². The molecule has 0 aliphatic carbocycles. The van der Waals surface area contributed by atoms with Gasteiger partial charge in [0.2, 0.25) is 11.8 Å². The molecular weight excluding hydrogens is 364 g/mol. The molecule has 0 bridgehead atoms. The summed E-state index contributed by atoms with van der Waals surface area (Å²) in [5, 5.41) is 15.3. The van der Waals surface area contributed by atoms with Gasteiger partial charge in [-0.25, -0.2) is 0 Å². The minimum absolute atomic E-state index is 0.00460. The minimum atomic E-state index is -0.303. The van der Waals surface area contributed by atoms with Gasteiger partial charge in [0.05, 0.1) is 17.8 Å². The lowest BCUT2D eigenvalue weighted by atomic mass is 10.1. The largest absolute Gasteiger partial charge is 0.376 e. The number of benzene rings is 2. The van der Waals surface area contributed by atoms with Crippen molar-refractivity contribution in [3.05, 3.63) is 58.6 Å². The zero-order chi connectivity index (χ0) is 19.8. The van der Waals surface area contributed by atoms with Gasteiger partial charge < -0.3 is 15.5 Å². The molecule has 0 spiro atoms.